The maximum absolute atomic E-state index is 14.4. The van der Waals surface area contributed by atoms with Crippen LogP contribution in [0.3, 0.4) is 0 Å². The standard InChI is InChI=1S/C41H60N4O11S/c1-28(44(5)40(50)56-41(2,3)4)37(48)43-35(29-12-8-7-9-13-29)39(49)45-18-11-16-33(45)38-42-32(27-57-38)36(47)30-14-10-15-31(26-30)55-25-24-54-23-22-53-21-20-52-19-17-34(46)51-6/h10,14-15,26-29,33,35H,7-9,11-13,16-25H2,1-6H3,(H,43,48)/t28-,33-,35-/m0/s1. The van der Waals surface area contributed by atoms with Crippen molar-refractivity contribution in [3.05, 3.63) is 45.9 Å². The lowest BCUT2D eigenvalue weighted by Gasteiger charge is -2.36. The minimum Gasteiger partial charge on any atom is -0.491 e. The number of hydrogen-bond acceptors (Lipinski definition) is 13. The number of thiazole rings is 1. The van der Waals surface area contributed by atoms with Gasteiger partial charge in [0, 0.05) is 24.5 Å². The Bertz CT molecular complexity index is 1620. The van der Waals surface area contributed by atoms with E-state index < -0.39 is 29.7 Å². The number of nitrogens with one attached hydrogen (secondary N) is 1. The zero-order chi connectivity index (χ0) is 41.4. The van der Waals surface area contributed by atoms with Crippen LogP contribution < -0.4 is 10.1 Å². The van der Waals surface area contributed by atoms with Crippen molar-refractivity contribution in [2.75, 3.05) is 67.0 Å². The van der Waals surface area contributed by atoms with Crippen molar-refractivity contribution in [1.29, 1.82) is 0 Å². The molecule has 0 spiro atoms. The van der Waals surface area contributed by atoms with E-state index in [0.717, 1.165) is 38.5 Å². The van der Waals surface area contributed by atoms with E-state index in [0.29, 0.717) is 68.0 Å². The summed E-state index contributed by atoms with van der Waals surface area (Å²) in [6.45, 7) is 9.86. The van der Waals surface area contributed by atoms with Crippen LogP contribution in [-0.2, 0) is 38.1 Å². The number of esters is 1. The van der Waals surface area contributed by atoms with Gasteiger partial charge < -0.3 is 38.6 Å². The van der Waals surface area contributed by atoms with Crippen LogP contribution in [0.1, 0.15) is 106 Å². The van der Waals surface area contributed by atoms with Crippen molar-refractivity contribution in [1.82, 2.24) is 20.1 Å². The molecule has 2 aromatic rings. The first-order valence-corrected chi connectivity index (χ1v) is 20.8. The number of ether oxygens (including phenoxy) is 6. The van der Waals surface area contributed by atoms with E-state index in [4.69, 9.17) is 28.7 Å². The van der Waals surface area contributed by atoms with Crippen LogP contribution in [0, 0.1) is 5.92 Å². The molecule has 1 aliphatic carbocycles. The third kappa shape index (κ3) is 14.3. The molecule has 2 heterocycles. The first-order valence-electron chi connectivity index (χ1n) is 19.9. The fourth-order valence-corrected chi connectivity index (χ4v) is 7.64. The van der Waals surface area contributed by atoms with E-state index in [1.807, 2.05) is 4.90 Å². The Kier molecular flexibility index (Phi) is 18.2. The zero-order valence-corrected chi connectivity index (χ0v) is 35.1. The summed E-state index contributed by atoms with van der Waals surface area (Å²) in [7, 11) is 2.86. The van der Waals surface area contributed by atoms with Gasteiger partial charge in [0.25, 0.3) is 0 Å². The summed E-state index contributed by atoms with van der Waals surface area (Å²) >= 11 is 1.35. The number of carbonyl (C=O) groups is 5. The van der Waals surface area contributed by atoms with Gasteiger partial charge in [0.2, 0.25) is 17.6 Å². The minimum absolute atomic E-state index is 0.0262. The molecular weight excluding hydrogens is 757 g/mol. The molecule has 2 aliphatic rings. The molecule has 316 valence electrons. The molecule has 0 radical (unpaired) electrons. The third-order valence-electron chi connectivity index (χ3n) is 9.92. The van der Waals surface area contributed by atoms with Crippen molar-refractivity contribution in [2.24, 2.45) is 5.92 Å². The number of rotatable bonds is 21. The molecule has 16 heteroatoms. The van der Waals surface area contributed by atoms with E-state index in [1.54, 1.807) is 57.3 Å². The van der Waals surface area contributed by atoms with Crippen molar-refractivity contribution in [3.8, 4) is 5.75 Å². The smallest absolute Gasteiger partial charge is 0.410 e. The highest BCUT2D eigenvalue weighted by molar-refractivity contribution is 7.10. The monoisotopic (exact) mass is 816 g/mol. The van der Waals surface area contributed by atoms with Gasteiger partial charge in [-0.15, -0.1) is 11.3 Å². The van der Waals surface area contributed by atoms with Crippen LogP contribution in [0.25, 0.3) is 0 Å². The Morgan fingerprint density at radius 3 is 2.26 bits per heavy atom. The molecule has 15 nitrogen and oxygen atoms in total. The average molecular weight is 817 g/mol. The van der Waals surface area contributed by atoms with E-state index in [9.17, 15) is 24.0 Å². The van der Waals surface area contributed by atoms with Gasteiger partial charge in [0.05, 0.1) is 59.2 Å². The molecule has 1 N–H and O–H groups in total. The number of nitrogens with zero attached hydrogens (tertiary/aromatic N) is 3. The number of benzene rings is 1. The van der Waals surface area contributed by atoms with E-state index in [2.05, 4.69) is 10.1 Å². The number of hydrogen-bond donors (Lipinski definition) is 1. The van der Waals surface area contributed by atoms with Crippen molar-refractivity contribution in [2.45, 2.75) is 103 Å². The highest BCUT2D eigenvalue weighted by Crippen LogP contribution is 2.37. The summed E-state index contributed by atoms with van der Waals surface area (Å²) in [6, 6.07) is 4.99. The van der Waals surface area contributed by atoms with Crippen LogP contribution >= 0.6 is 11.3 Å². The first kappa shape index (κ1) is 45.6. The molecule has 1 aliphatic heterocycles. The summed E-state index contributed by atoms with van der Waals surface area (Å²) in [5, 5.41) is 5.44. The van der Waals surface area contributed by atoms with Gasteiger partial charge in [-0.25, -0.2) is 9.78 Å². The van der Waals surface area contributed by atoms with Crippen molar-refractivity contribution < 1.29 is 52.4 Å². The third-order valence-corrected chi connectivity index (χ3v) is 10.9. The SMILES string of the molecule is COC(=O)CCOCCOCCOCCOc1cccc(C(=O)c2csc([C@@H]3CCCN3C(=O)[C@@H](NC(=O)[C@H](C)N(C)C(=O)OC(C)(C)C)C3CCCCC3)n2)c1. The molecule has 3 atom stereocenters. The fraction of sp³-hybridized carbons (Fsp3) is 0.659. The lowest BCUT2D eigenvalue weighted by molar-refractivity contribution is -0.142. The van der Waals surface area contributed by atoms with Gasteiger partial charge in [-0.2, -0.15) is 0 Å². The van der Waals surface area contributed by atoms with Crippen LogP contribution in [0.2, 0.25) is 0 Å². The second-order valence-corrected chi connectivity index (χ2v) is 16.2. The second-order valence-electron chi connectivity index (χ2n) is 15.3. The molecule has 1 aromatic carbocycles. The molecule has 1 aromatic heterocycles. The zero-order valence-electron chi connectivity index (χ0n) is 34.3. The van der Waals surface area contributed by atoms with Gasteiger partial charge >= 0.3 is 12.1 Å². The normalized spacial score (nSPS) is 17.1. The van der Waals surface area contributed by atoms with Crippen LogP contribution in [-0.4, -0.2) is 129 Å². The molecule has 1 saturated heterocycles. The van der Waals surface area contributed by atoms with Crippen LogP contribution in [0.5, 0.6) is 5.75 Å². The second kappa shape index (κ2) is 22.7. The summed E-state index contributed by atoms with van der Waals surface area (Å²) < 4.78 is 32.2. The number of carbonyl (C=O) groups excluding carboxylic acids is 5. The van der Waals surface area contributed by atoms with Crippen molar-refractivity contribution in [3.63, 3.8) is 0 Å². The Morgan fingerprint density at radius 2 is 1.60 bits per heavy atom. The number of amides is 3. The van der Waals surface area contributed by atoms with Crippen LogP contribution in [0.4, 0.5) is 4.79 Å². The molecule has 3 amide bonds. The highest BCUT2D eigenvalue weighted by Gasteiger charge is 2.41. The number of likely N-dealkylation sites (tertiary alicyclic amines) is 1. The summed E-state index contributed by atoms with van der Waals surface area (Å²) in [5.74, 6) is -0.645. The highest BCUT2D eigenvalue weighted by atomic mass is 32.1. The Hall–Kier alpha value is -4.12. The van der Waals surface area contributed by atoms with E-state index >= 15 is 0 Å². The predicted octanol–water partition coefficient (Wildman–Crippen LogP) is 5.35. The Balaban J connectivity index is 1.30. The summed E-state index contributed by atoms with van der Waals surface area (Å²) in [4.78, 5) is 73.1. The van der Waals surface area contributed by atoms with Crippen molar-refractivity contribution >= 4 is 41.0 Å². The summed E-state index contributed by atoms with van der Waals surface area (Å²) in [6.07, 6.45) is 5.76. The molecule has 2 fully saturated rings. The minimum atomic E-state index is -0.854. The Labute approximate surface area is 340 Å². The van der Waals surface area contributed by atoms with Gasteiger partial charge in [-0.05, 0) is 71.4 Å². The fourth-order valence-electron chi connectivity index (χ4n) is 6.69. The van der Waals surface area contributed by atoms with Crippen LogP contribution in [0.15, 0.2) is 29.6 Å². The number of ketones is 1. The molecule has 0 unspecified atom stereocenters. The Morgan fingerprint density at radius 1 is 0.930 bits per heavy atom. The average Bonchev–Trinajstić information content (AvgIpc) is 3.90. The number of methoxy groups -OCH3 is 1. The quantitative estimate of drug-likeness (QED) is 0.0975. The van der Waals surface area contributed by atoms with E-state index in [-0.39, 0.29) is 49.3 Å². The van der Waals surface area contributed by atoms with Gasteiger partial charge in [0.15, 0.2) is 0 Å². The predicted molar refractivity (Wildman–Crippen MR) is 212 cm³/mol. The van der Waals surface area contributed by atoms with Gasteiger partial charge in [-0.3, -0.25) is 24.1 Å². The summed E-state index contributed by atoms with van der Waals surface area (Å²) in [5.41, 5.74) is 0.00474. The lowest BCUT2D eigenvalue weighted by Crippen LogP contribution is -2.56. The maximum Gasteiger partial charge on any atom is 0.410 e. The molecule has 4 rings (SSSR count). The number of aromatic nitrogens is 1. The lowest BCUT2D eigenvalue weighted by atomic mass is 9.83. The maximum atomic E-state index is 14.4. The van der Waals surface area contributed by atoms with Gasteiger partial charge in [0.1, 0.15) is 40.7 Å². The molecule has 0 bridgehead atoms. The van der Waals surface area contributed by atoms with Gasteiger partial charge in [-0.1, -0.05) is 31.4 Å². The largest absolute Gasteiger partial charge is 0.491 e. The van der Waals surface area contributed by atoms with E-state index in [1.165, 1.54) is 30.4 Å². The topological polar surface area (TPSA) is 172 Å². The molecule has 57 heavy (non-hydrogen) atoms. The first-order chi connectivity index (χ1) is 27.3. The molecule has 1 saturated carbocycles. The number of likely N-dealkylation sites (N-methyl/N-ethyl adjacent to an activating group) is 1. The molecular formula is C41H60N4O11S.